The molecular formula is C16H35N3. The van der Waals surface area contributed by atoms with Crippen molar-refractivity contribution < 1.29 is 0 Å². The Balaban J connectivity index is 2.43. The van der Waals surface area contributed by atoms with Crippen molar-refractivity contribution in [3.63, 3.8) is 0 Å². The largest absolute Gasteiger partial charge is 0.314 e. The van der Waals surface area contributed by atoms with Gasteiger partial charge in [0.25, 0.3) is 0 Å². The van der Waals surface area contributed by atoms with Crippen molar-refractivity contribution in [3.8, 4) is 0 Å². The molecule has 0 saturated heterocycles. The maximum atomic E-state index is 3.57. The average molecular weight is 269 g/mol. The van der Waals surface area contributed by atoms with Crippen LogP contribution in [0.25, 0.3) is 0 Å². The molecule has 3 nitrogen and oxygen atoms in total. The van der Waals surface area contributed by atoms with E-state index >= 15 is 0 Å². The van der Waals surface area contributed by atoms with Crippen molar-refractivity contribution >= 4 is 0 Å². The van der Waals surface area contributed by atoms with E-state index < -0.39 is 0 Å². The van der Waals surface area contributed by atoms with Gasteiger partial charge in [0.1, 0.15) is 0 Å². The first-order valence-corrected chi connectivity index (χ1v) is 7.76. The lowest BCUT2D eigenvalue weighted by Crippen LogP contribution is -2.57. The summed E-state index contributed by atoms with van der Waals surface area (Å²) in [6, 6.07) is 0.573. The Hall–Kier alpha value is -0.120. The summed E-state index contributed by atoms with van der Waals surface area (Å²) in [6.45, 7) is 12.6. The summed E-state index contributed by atoms with van der Waals surface area (Å²) in [6.07, 6.45) is 4.11. The lowest BCUT2D eigenvalue weighted by atomic mass is 9.75. The van der Waals surface area contributed by atoms with Crippen LogP contribution in [0.2, 0.25) is 0 Å². The Morgan fingerprint density at radius 2 is 1.74 bits per heavy atom. The fraction of sp³-hybridized carbons (Fsp3) is 1.00. The lowest BCUT2D eigenvalue weighted by Gasteiger charge is -2.50. The molecule has 1 aliphatic rings. The fourth-order valence-corrected chi connectivity index (χ4v) is 3.16. The highest BCUT2D eigenvalue weighted by molar-refractivity contribution is 4.98. The fourth-order valence-electron chi connectivity index (χ4n) is 3.16. The second-order valence-corrected chi connectivity index (χ2v) is 7.84. The Morgan fingerprint density at radius 3 is 2.11 bits per heavy atom. The molecule has 3 heteroatoms. The van der Waals surface area contributed by atoms with Gasteiger partial charge in [0.05, 0.1) is 0 Å². The Kier molecular flexibility index (Phi) is 5.84. The van der Waals surface area contributed by atoms with Crippen LogP contribution in [0.5, 0.6) is 0 Å². The Bertz CT molecular complexity index is 267. The van der Waals surface area contributed by atoms with Crippen molar-refractivity contribution in [2.24, 2.45) is 5.41 Å². The van der Waals surface area contributed by atoms with E-state index in [0.717, 1.165) is 13.1 Å². The predicted molar refractivity (Wildman–Crippen MR) is 84.7 cm³/mol. The van der Waals surface area contributed by atoms with Gasteiger partial charge in [-0.25, -0.2) is 0 Å². The molecule has 0 aromatic heterocycles. The van der Waals surface area contributed by atoms with Crippen LogP contribution in [0.3, 0.4) is 0 Å². The van der Waals surface area contributed by atoms with Crippen LogP contribution in [-0.4, -0.2) is 62.2 Å². The molecule has 0 spiro atoms. The van der Waals surface area contributed by atoms with E-state index in [9.17, 15) is 0 Å². The summed E-state index contributed by atoms with van der Waals surface area (Å²) < 4.78 is 0. The molecule has 1 aliphatic carbocycles. The van der Waals surface area contributed by atoms with Crippen molar-refractivity contribution in [1.29, 1.82) is 0 Å². The second kappa shape index (κ2) is 6.55. The number of rotatable bonds is 8. The van der Waals surface area contributed by atoms with Crippen LogP contribution in [0.15, 0.2) is 0 Å². The molecule has 0 unspecified atom stereocenters. The summed E-state index contributed by atoms with van der Waals surface area (Å²) in [5.41, 5.74) is 0.770. The molecular weight excluding hydrogens is 234 g/mol. The van der Waals surface area contributed by atoms with Crippen LogP contribution in [0.4, 0.5) is 0 Å². The molecule has 1 rings (SSSR count). The zero-order valence-electron chi connectivity index (χ0n) is 14.2. The molecule has 0 heterocycles. The second-order valence-electron chi connectivity index (χ2n) is 7.84. The quantitative estimate of drug-likeness (QED) is 0.730. The number of hydrogen-bond donors (Lipinski definition) is 1. The summed E-state index contributed by atoms with van der Waals surface area (Å²) >= 11 is 0. The minimum Gasteiger partial charge on any atom is -0.314 e. The van der Waals surface area contributed by atoms with E-state index in [-0.39, 0.29) is 0 Å². The van der Waals surface area contributed by atoms with E-state index in [2.05, 4.69) is 64.0 Å². The zero-order valence-corrected chi connectivity index (χ0v) is 14.2. The van der Waals surface area contributed by atoms with E-state index in [4.69, 9.17) is 0 Å². The van der Waals surface area contributed by atoms with Gasteiger partial charge in [-0.1, -0.05) is 27.7 Å². The van der Waals surface area contributed by atoms with E-state index in [1.54, 1.807) is 0 Å². The summed E-state index contributed by atoms with van der Waals surface area (Å²) in [5.74, 6) is 0. The van der Waals surface area contributed by atoms with Gasteiger partial charge in [-0.2, -0.15) is 0 Å². The van der Waals surface area contributed by atoms with Crippen LogP contribution >= 0.6 is 0 Å². The van der Waals surface area contributed by atoms with Gasteiger partial charge in [0.2, 0.25) is 0 Å². The standard InChI is InChI=1S/C16H35N3/c1-14(2)17-11-15(3,4)12-19(7)13-16(18(5)6)9-8-10-16/h14,17H,8-13H2,1-7H3. The zero-order chi connectivity index (χ0) is 14.7. The third-order valence-corrected chi connectivity index (χ3v) is 4.48. The molecule has 0 aromatic carbocycles. The highest BCUT2D eigenvalue weighted by Crippen LogP contribution is 2.37. The normalized spacial score (nSPS) is 19.3. The highest BCUT2D eigenvalue weighted by Gasteiger charge is 2.40. The van der Waals surface area contributed by atoms with Crippen molar-refractivity contribution in [2.45, 2.75) is 58.5 Å². The monoisotopic (exact) mass is 269 g/mol. The Morgan fingerprint density at radius 1 is 1.16 bits per heavy atom. The van der Waals surface area contributed by atoms with Crippen molar-refractivity contribution in [2.75, 3.05) is 40.8 Å². The third-order valence-electron chi connectivity index (χ3n) is 4.48. The van der Waals surface area contributed by atoms with Crippen LogP contribution in [0, 0.1) is 5.41 Å². The molecule has 0 bridgehead atoms. The number of hydrogen-bond acceptors (Lipinski definition) is 3. The summed E-state index contributed by atoms with van der Waals surface area (Å²) in [4.78, 5) is 4.97. The average Bonchev–Trinajstić information content (AvgIpc) is 2.19. The number of nitrogens with zero attached hydrogens (tertiary/aromatic N) is 2. The number of nitrogens with one attached hydrogen (secondary N) is 1. The van der Waals surface area contributed by atoms with Crippen molar-refractivity contribution in [3.05, 3.63) is 0 Å². The van der Waals surface area contributed by atoms with Crippen LogP contribution < -0.4 is 5.32 Å². The molecule has 0 aromatic rings. The first kappa shape index (κ1) is 16.9. The maximum Gasteiger partial charge on any atom is 0.0330 e. The third kappa shape index (κ3) is 5.05. The van der Waals surface area contributed by atoms with Gasteiger partial charge in [-0.3, -0.25) is 0 Å². The molecule has 1 N–H and O–H groups in total. The SMILES string of the molecule is CC(C)NCC(C)(C)CN(C)CC1(N(C)C)CCC1. The van der Waals surface area contributed by atoms with Gasteiger partial charge in [0, 0.05) is 31.2 Å². The smallest absolute Gasteiger partial charge is 0.0330 e. The van der Waals surface area contributed by atoms with E-state index in [0.29, 0.717) is 17.0 Å². The molecule has 19 heavy (non-hydrogen) atoms. The van der Waals surface area contributed by atoms with Gasteiger partial charge in [0.15, 0.2) is 0 Å². The van der Waals surface area contributed by atoms with Crippen molar-refractivity contribution in [1.82, 2.24) is 15.1 Å². The molecule has 1 fully saturated rings. The molecule has 0 radical (unpaired) electrons. The lowest BCUT2D eigenvalue weighted by molar-refractivity contribution is 0.0187. The van der Waals surface area contributed by atoms with Gasteiger partial charge in [-0.05, 0) is 45.8 Å². The molecule has 0 aliphatic heterocycles. The van der Waals surface area contributed by atoms with Crippen LogP contribution in [-0.2, 0) is 0 Å². The summed E-state index contributed by atoms with van der Waals surface area (Å²) in [7, 11) is 6.75. The Labute approximate surface area is 120 Å². The van der Waals surface area contributed by atoms with Crippen LogP contribution in [0.1, 0.15) is 47.0 Å². The molecule has 1 saturated carbocycles. The molecule has 0 atom stereocenters. The first-order valence-electron chi connectivity index (χ1n) is 7.76. The topological polar surface area (TPSA) is 18.5 Å². The maximum absolute atomic E-state index is 3.57. The number of likely N-dealkylation sites (N-methyl/N-ethyl adjacent to an activating group) is 2. The van der Waals surface area contributed by atoms with Gasteiger partial charge in [-0.15, -0.1) is 0 Å². The highest BCUT2D eigenvalue weighted by atomic mass is 15.2. The van der Waals surface area contributed by atoms with Gasteiger partial charge < -0.3 is 15.1 Å². The summed E-state index contributed by atoms with van der Waals surface area (Å²) in [5, 5.41) is 3.57. The molecule has 114 valence electrons. The van der Waals surface area contributed by atoms with E-state index in [1.807, 2.05) is 0 Å². The molecule has 0 amide bonds. The minimum atomic E-state index is 0.330. The predicted octanol–water partition coefficient (Wildman–Crippen LogP) is 2.43. The first-order chi connectivity index (χ1) is 8.67. The minimum absolute atomic E-state index is 0.330. The van der Waals surface area contributed by atoms with Gasteiger partial charge >= 0.3 is 0 Å². The van der Waals surface area contributed by atoms with E-state index in [1.165, 1.54) is 25.8 Å².